The van der Waals surface area contributed by atoms with E-state index in [0.29, 0.717) is 56.4 Å². The minimum atomic E-state index is -0.506. The standard InChI is InChI=1S/2C24H25ClFNO4/c1-13(2)22(12-28)27-11-18(14(3)29)24(30)17-9-16(23(31-4)10-21(17)27)7-15-5-6-20(26)19(25)8-15;1-13(2)22(12-28)27-11-18(14(3)29)24(30)17-9-15(23(31-4)10-21(17)27)8-16-19(25)6-5-7-20(16)26/h5-6,8-11,13,22,28H,7,12H2,1-4H3;5-7,9-11,13,22,28H,8,12H2,1-4H3/t2*22-/m11/s1. The van der Waals surface area contributed by atoms with Gasteiger partial charge in [-0.25, -0.2) is 8.78 Å². The number of Topliss-reactive ketones (excluding diaryl/α,β-unsaturated/α-hetero) is 2. The Bertz CT molecular complexity index is 2760. The number of benzene rings is 4. The van der Waals surface area contributed by atoms with Gasteiger partial charge < -0.3 is 28.8 Å². The van der Waals surface area contributed by atoms with Crippen LogP contribution in [0.15, 0.2) is 82.6 Å². The fourth-order valence-electron chi connectivity index (χ4n) is 7.55. The van der Waals surface area contributed by atoms with E-state index in [1.807, 2.05) is 27.7 Å². The van der Waals surface area contributed by atoms with E-state index < -0.39 is 17.1 Å². The molecule has 2 atom stereocenters. The second-order valence-corrected chi connectivity index (χ2v) is 16.6. The predicted octanol–water partition coefficient (Wildman–Crippen LogP) is 9.57. The van der Waals surface area contributed by atoms with Crippen molar-refractivity contribution < 1.29 is 38.1 Å². The van der Waals surface area contributed by atoms with Gasteiger partial charge in [-0.3, -0.25) is 19.2 Å². The maximum Gasteiger partial charge on any atom is 0.200 e. The van der Waals surface area contributed by atoms with Gasteiger partial charge in [0.25, 0.3) is 0 Å². The summed E-state index contributed by atoms with van der Waals surface area (Å²) in [4.78, 5) is 50.5. The number of hydrogen-bond acceptors (Lipinski definition) is 8. The first kappa shape index (κ1) is 47.6. The molecule has 0 spiro atoms. The summed E-state index contributed by atoms with van der Waals surface area (Å²) in [6.45, 7) is 10.2. The Morgan fingerprint density at radius 3 is 1.52 bits per heavy atom. The lowest BCUT2D eigenvalue weighted by Gasteiger charge is -2.25. The van der Waals surface area contributed by atoms with Crippen molar-refractivity contribution in [2.75, 3.05) is 27.4 Å². The van der Waals surface area contributed by atoms with Gasteiger partial charge in [0, 0.05) is 58.7 Å². The molecule has 2 aromatic heterocycles. The SMILES string of the molecule is COc1cc2c(cc1Cc1c(F)cccc1Cl)c(=O)c(C(C)=O)cn2[C@H](CO)C(C)C.COc1cc2c(cc1Cc1ccc(F)c(Cl)c1)c(=O)c(C(C)=O)cn2[C@H](CO)C(C)C. The van der Waals surface area contributed by atoms with Crippen LogP contribution in [0.3, 0.4) is 0 Å². The number of methoxy groups -OCH3 is 2. The van der Waals surface area contributed by atoms with Crippen LogP contribution in [0, 0.1) is 23.5 Å². The van der Waals surface area contributed by atoms with Crippen molar-refractivity contribution in [1.82, 2.24) is 9.13 Å². The largest absolute Gasteiger partial charge is 0.496 e. The minimum Gasteiger partial charge on any atom is -0.496 e. The van der Waals surface area contributed by atoms with Gasteiger partial charge in [-0.1, -0.05) is 63.0 Å². The molecule has 4 aromatic carbocycles. The normalized spacial score (nSPS) is 12.4. The minimum absolute atomic E-state index is 0.0150. The number of nitrogens with zero attached hydrogens (tertiary/aromatic N) is 2. The topological polar surface area (TPSA) is 137 Å². The zero-order chi connectivity index (χ0) is 45.7. The van der Waals surface area contributed by atoms with E-state index in [-0.39, 0.29) is 81.7 Å². The zero-order valence-corrected chi connectivity index (χ0v) is 37.3. The van der Waals surface area contributed by atoms with E-state index in [0.717, 1.165) is 5.56 Å². The maximum atomic E-state index is 14.4. The van der Waals surface area contributed by atoms with Gasteiger partial charge in [-0.15, -0.1) is 0 Å². The van der Waals surface area contributed by atoms with Crippen LogP contribution in [0.4, 0.5) is 8.78 Å². The van der Waals surface area contributed by atoms with Gasteiger partial charge in [-0.2, -0.15) is 0 Å². The predicted molar refractivity (Wildman–Crippen MR) is 240 cm³/mol. The van der Waals surface area contributed by atoms with E-state index >= 15 is 0 Å². The molecule has 0 saturated heterocycles. The first-order chi connectivity index (χ1) is 29.4. The molecule has 62 heavy (non-hydrogen) atoms. The van der Waals surface area contributed by atoms with E-state index in [1.165, 1.54) is 64.7 Å². The average Bonchev–Trinajstić information content (AvgIpc) is 3.22. The summed E-state index contributed by atoms with van der Waals surface area (Å²) in [6.07, 6.45) is 3.49. The van der Waals surface area contributed by atoms with Gasteiger partial charge in [0.1, 0.15) is 23.1 Å². The third-order valence-corrected chi connectivity index (χ3v) is 11.7. The summed E-state index contributed by atoms with van der Waals surface area (Å²) in [6, 6.07) is 15.0. The molecule has 0 unspecified atom stereocenters. The van der Waals surface area contributed by atoms with Crippen molar-refractivity contribution in [1.29, 1.82) is 0 Å². The van der Waals surface area contributed by atoms with Crippen LogP contribution in [0.5, 0.6) is 11.5 Å². The number of aliphatic hydroxyl groups excluding tert-OH is 2. The molecular formula is C48H50Cl2F2N2O8. The lowest BCUT2D eigenvalue weighted by Crippen LogP contribution is -2.25. The van der Waals surface area contributed by atoms with Crippen molar-refractivity contribution in [3.8, 4) is 11.5 Å². The van der Waals surface area contributed by atoms with E-state index in [4.69, 9.17) is 32.7 Å². The van der Waals surface area contributed by atoms with Crippen LogP contribution in [0.25, 0.3) is 21.8 Å². The smallest absolute Gasteiger partial charge is 0.200 e. The molecule has 0 aliphatic rings. The molecule has 6 aromatic rings. The second kappa shape index (κ2) is 20.2. The van der Waals surface area contributed by atoms with Crippen LogP contribution >= 0.6 is 23.2 Å². The summed E-state index contributed by atoms with van der Waals surface area (Å²) < 4.78 is 42.5. The Morgan fingerprint density at radius 1 is 0.661 bits per heavy atom. The van der Waals surface area contributed by atoms with Crippen LogP contribution in [-0.2, 0) is 12.8 Å². The number of aliphatic hydroxyl groups is 2. The number of ether oxygens (including phenoxy) is 2. The summed E-state index contributed by atoms with van der Waals surface area (Å²) in [5, 5.41) is 20.9. The molecule has 6 rings (SSSR count). The van der Waals surface area contributed by atoms with E-state index in [1.54, 1.807) is 45.5 Å². The second-order valence-electron chi connectivity index (χ2n) is 15.8. The number of rotatable bonds is 14. The number of aromatic nitrogens is 2. The summed E-state index contributed by atoms with van der Waals surface area (Å²) >= 11 is 12.1. The number of carbonyl (C=O) groups is 2. The summed E-state index contributed by atoms with van der Waals surface area (Å²) in [7, 11) is 3.02. The van der Waals surface area contributed by atoms with Crippen LogP contribution < -0.4 is 20.3 Å². The summed E-state index contributed by atoms with van der Waals surface area (Å²) in [5.74, 6) is -0.577. The fraction of sp³-hybridized carbons (Fsp3) is 0.333. The molecule has 328 valence electrons. The number of halogens is 4. The summed E-state index contributed by atoms with van der Waals surface area (Å²) in [5.41, 5.74) is 2.72. The van der Waals surface area contributed by atoms with E-state index in [9.17, 15) is 38.2 Å². The molecular weight excluding hydrogens is 841 g/mol. The highest BCUT2D eigenvalue weighted by atomic mass is 35.5. The van der Waals surface area contributed by atoms with Gasteiger partial charge in [-0.05, 0) is 78.8 Å². The fourth-order valence-corrected chi connectivity index (χ4v) is 7.98. The number of ketones is 2. The molecule has 10 nitrogen and oxygen atoms in total. The van der Waals surface area contributed by atoms with Crippen molar-refractivity contribution in [2.24, 2.45) is 11.8 Å². The first-order valence-electron chi connectivity index (χ1n) is 20.0. The van der Waals surface area contributed by atoms with Crippen LogP contribution in [0.1, 0.15) is 96.6 Å². The lowest BCUT2D eigenvalue weighted by molar-refractivity contribution is 0.100. The number of pyridine rings is 2. The first-order valence-corrected chi connectivity index (χ1v) is 20.7. The molecule has 2 heterocycles. The highest BCUT2D eigenvalue weighted by molar-refractivity contribution is 6.31. The Hall–Kier alpha value is -5.40. The maximum absolute atomic E-state index is 14.4. The van der Waals surface area contributed by atoms with Crippen molar-refractivity contribution in [2.45, 2.75) is 66.5 Å². The average molecular weight is 892 g/mol. The molecule has 0 bridgehead atoms. The molecule has 14 heteroatoms. The van der Waals surface area contributed by atoms with Gasteiger partial charge in [0.2, 0.25) is 0 Å². The highest BCUT2D eigenvalue weighted by Crippen LogP contribution is 2.34. The Labute approximate surface area is 368 Å². The number of carbonyl (C=O) groups excluding carboxylic acids is 2. The molecule has 0 aliphatic heterocycles. The van der Waals surface area contributed by atoms with Gasteiger partial charge in [0.05, 0.1) is 66.7 Å². The van der Waals surface area contributed by atoms with Crippen LogP contribution in [0.2, 0.25) is 10.0 Å². The third-order valence-electron chi connectivity index (χ3n) is 11.1. The van der Waals surface area contributed by atoms with Crippen molar-refractivity contribution >= 4 is 56.6 Å². The number of hydrogen-bond donors (Lipinski definition) is 2. The zero-order valence-electron chi connectivity index (χ0n) is 35.8. The molecule has 2 N–H and O–H groups in total. The molecule has 0 aliphatic carbocycles. The van der Waals surface area contributed by atoms with E-state index in [2.05, 4.69) is 0 Å². The van der Waals surface area contributed by atoms with Gasteiger partial charge in [0.15, 0.2) is 22.4 Å². The van der Waals surface area contributed by atoms with Crippen molar-refractivity contribution in [3.05, 3.63) is 149 Å². The Balaban J connectivity index is 0.000000234. The quantitative estimate of drug-likeness (QED) is 0.103. The molecule has 0 fully saturated rings. The Kier molecular flexibility index (Phi) is 15.5. The molecule has 0 saturated carbocycles. The Morgan fingerprint density at radius 2 is 1.13 bits per heavy atom. The monoisotopic (exact) mass is 890 g/mol. The molecule has 0 radical (unpaired) electrons. The third kappa shape index (κ3) is 9.94. The van der Waals surface area contributed by atoms with Gasteiger partial charge >= 0.3 is 0 Å². The lowest BCUT2D eigenvalue weighted by atomic mass is 9.98. The molecule has 0 amide bonds. The highest BCUT2D eigenvalue weighted by Gasteiger charge is 2.24. The number of fused-ring (bicyclic) bond motifs is 2. The van der Waals surface area contributed by atoms with Crippen molar-refractivity contribution in [3.63, 3.8) is 0 Å². The van der Waals surface area contributed by atoms with Crippen LogP contribution in [-0.4, -0.2) is 58.3 Å².